The predicted molar refractivity (Wildman–Crippen MR) is 112 cm³/mol. The number of carboxylic acids is 1. The Kier molecular flexibility index (Phi) is 7.58. The number of aromatic nitrogens is 1. The largest absolute Gasteiger partial charge is 0.480 e. The Morgan fingerprint density at radius 3 is 2.53 bits per heavy atom. The van der Waals surface area contributed by atoms with Crippen molar-refractivity contribution in [1.82, 2.24) is 10.3 Å². The summed E-state index contributed by atoms with van der Waals surface area (Å²) >= 11 is 0. The molecule has 30 heavy (non-hydrogen) atoms. The Balaban J connectivity index is 2.32. The van der Waals surface area contributed by atoms with Gasteiger partial charge in [-0.15, -0.1) is 0 Å². The van der Waals surface area contributed by atoms with Gasteiger partial charge in [-0.05, 0) is 24.1 Å². The molecule has 0 spiro atoms. The van der Waals surface area contributed by atoms with Crippen molar-refractivity contribution in [2.75, 3.05) is 11.9 Å². The van der Waals surface area contributed by atoms with E-state index in [1.165, 1.54) is 0 Å². The number of hydrogen-bond donors (Lipinski definition) is 6. The Morgan fingerprint density at radius 2 is 1.93 bits per heavy atom. The maximum Gasteiger partial charge on any atom is 0.326 e. The lowest BCUT2D eigenvalue weighted by molar-refractivity contribution is -0.141. The summed E-state index contributed by atoms with van der Waals surface area (Å²) < 4.78 is 0. The number of aromatic amines is 1. The standard InChI is InChI=1S/C21H29N3O6/c1-4-6-16(26)23-15(20(29)30)9-12-10-22-13-7-5-8-14(17(12)13)24-19(28)18(27)21(2,3)11-25/h5,7-8,10,15,18,22,25,27H,4,6,9,11H2,1-3H3,(H,23,26)(H,24,28)(H,29,30)/t15-,18-/m0/s1. The fraction of sp³-hybridized carbons (Fsp3) is 0.476. The molecule has 0 radical (unpaired) electrons. The van der Waals surface area contributed by atoms with Crippen molar-refractivity contribution in [3.63, 3.8) is 0 Å². The van der Waals surface area contributed by atoms with Gasteiger partial charge in [0.05, 0.1) is 12.3 Å². The zero-order chi connectivity index (χ0) is 22.5. The summed E-state index contributed by atoms with van der Waals surface area (Å²) in [5.41, 5.74) is 0.631. The normalized spacial score (nSPS) is 13.6. The van der Waals surface area contributed by atoms with Crippen LogP contribution in [0.5, 0.6) is 0 Å². The van der Waals surface area contributed by atoms with Crippen molar-refractivity contribution >= 4 is 34.4 Å². The number of H-pyrrole nitrogens is 1. The van der Waals surface area contributed by atoms with E-state index in [9.17, 15) is 29.7 Å². The molecule has 1 heterocycles. The molecule has 2 aromatic rings. The lowest BCUT2D eigenvalue weighted by Crippen LogP contribution is -2.42. The number of hydrogen-bond acceptors (Lipinski definition) is 5. The number of fused-ring (bicyclic) bond motifs is 1. The molecule has 0 fully saturated rings. The molecule has 1 aromatic heterocycles. The second kappa shape index (κ2) is 9.73. The van der Waals surface area contributed by atoms with Gasteiger partial charge in [-0.2, -0.15) is 0 Å². The number of aliphatic carboxylic acids is 1. The van der Waals surface area contributed by atoms with Gasteiger partial charge in [0, 0.05) is 35.4 Å². The molecule has 2 atom stereocenters. The van der Waals surface area contributed by atoms with Crippen molar-refractivity contribution < 1.29 is 29.7 Å². The number of rotatable bonds is 10. The van der Waals surface area contributed by atoms with Gasteiger partial charge in [0.2, 0.25) is 5.91 Å². The number of amides is 2. The maximum absolute atomic E-state index is 12.5. The van der Waals surface area contributed by atoms with Crippen molar-refractivity contribution in [3.05, 3.63) is 30.0 Å². The maximum atomic E-state index is 12.5. The number of anilines is 1. The number of aliphatic hydroxyl groups is 2. The molecular formula is C21H29N3O6. The van der Waals surface area contributed by atoms with E-state index in [0.717, 1.165) is 0 Å². The highest BCUT2D eigenvalue weighted by atomic mass is 16.4. The summed E-state index contributed by atoms with van der Waals surface area (Å²) in [6, 6.07) is 4.00. The van der Waals surface area contributed by atoms with Crippen LogP contribution in [0.15, 0.2) is 24.4 Å². The van der Waals surface area contributed by atoms with Crippen LogP contribution in [0, 0.1) is 5.41 Å². The van der Waals surface area contributed by atoms with Crippen LogP contribution in [0.2, 0.25) is 0 Å². The third kappa shape index (κ3) is 5.37. The topological polar surface area (TPSA) is 152 Å². The summed E-state index contributed by atoms with van der Waals surface area (Å²) in [6.07, 6.45) is 1.05. The number of aliphatic hydroxyl groups excluding tert-OH is 2. The summed E-state index contributed by atoms with van der Waals surface area (Å²) in [5, 5.41) is 34.9. The first-order valence-corrected chi connectivity index (χ1v) is 9.81. The van der Waals surface area contributed by atoms with Crippen molar-refractivity contribution in [2.24, 2.45) is 5.41 Å². The molecule has 1 aromatic carbocycles. The number of carbonyl (C=O) groups excluding carboxylic acids is 2. The van der Waals surface area contributed by atoms with Crippen molar-refractivity contribution in [2.45, 2.75) is 52.2 Å². The molecule has 9 nitrogen and oxygen atoms in total. The molecule has 164 valence electrons. The average molecular weight is 419 g/mol. The molecule has 2 rings (SSSR count). The molecule has 0 aliphatic rings. The number of nitrogens with one attached hydrogen (secondary N) is 3. The van der Waals surface area contributed by atoms with Crippen LogP contribution in [0.3, 0.4) is 0 Å². The van der Waals surface area contributed by atoms with Gasteiger partial charge in [0.1, 0.15) is 12.1 Å². The van der Waals surface area contributed by atoms with Crippen LogP contribution in [0.25, 0.3) is 10.9 Å². The van der Waals surface area contributed by atoms with E-state index in [4.69, 9.17) is 0 Å². The summed E-state index contributed by atoms with van der Waals surface area (Å²) in [5.74, 6) is -2.18. The van der Waals surface area contributed by atoms with Crippen LogP contribution in [0.1, 0.15) is 39.2 Å². The predicted octanol–water partition coefficient (Wildman–Crippen LogP) is 1.40. The lowest BCUT2D eigenvalue weighted by atomic mass is 9.87. The molecule has 0 saturated heterocycles. The van der Waals surface area contributed by atoms with E-state index in [2.05, 4.69) is 15.6 Å². The van der Waals surface area contributed by atoms with E-state index in [1.807, 2.05) is 6.92 Å². The fourth-order valence-electron chi connectivity index (χ4n) is 3.08. The number of carbonyl (C=O) groups is 3. The quantitative estimate of drug-likeness (QED) is 0.342. The van der Waals surface area contributed by atoms with Gasteiger partial charge < -0.3 is 30.9 Å². The fourth-order valence-corrected chi connectivity index (χ4v) is 3.08. The second-order valence-corrected chi connectivity index (χ2v) is 7.99. The van der Waals surface area contributed by atoms with Crippen molar-refractivity contribution in [1.29, 1.82) is 0 Å². The van der Waals surface area contributed by atoms with Crippen LogP contribution >= 0.6 is 0 Å². The van der Waals surface area contributed by atoms with Crippen LogP contribution in [-0.2, 0) is 20.8 Å². The Morgan fingerprint density at radius 1 is 1.23 bits per heavy atom. The minimum atomic E-state index is -1.44. The summed E-state index contributed by atoms with van der Waals surface area (Å²) in [7, 11) is 0. The molecule has 0 bridgehead atoms. The smallest absolute Gasteiger partial charge is 0.326 e. The summed E-state index contributed by atoms with van der Waals surface area (Å²) in [4.78, 5) is 39.1. The zero-order valence-electron chi connectivity index (χ0n) is 17.4. The highest BCUT2D eigenvalue weighted by molar-refractivity contribution is 6.04. The van der Waals surface area contributed by atoms with E-state index in [0.29, 0.717) is 28.6 Å². The third-order valence-electron chi connectivity index (χ3n) is 4.98. The first kappa shape index (κ1) is 23.4. The number of carboxylic acid groups (broad SMARTS) is 1. The first-order chi connectivity index (χ1) is 14.1. The average Bonchev–Trinajstić information content (AvgIpc) is 3.10. The molecule has 0 unspecified atom stereocenters. The highest BCUT2D eigenvalue weighted by Gasteiger charge is 2.33. The van der Waals surface area contributed by atoms with Crippen LogP contribution < -0.4 is 10.6 Å². The first-order valence-electron chi connectivity index (χ1n) is 9.81. The van der Waals surface area contributed by atoms with Gasteiger partial charge in [0.15, 0.2) is 0 Å². The van der Waals surface area contributed by atoms with Gasteiger partial charge in [-0.3, -0.25) is 9.59 Å². The monoisotopic (exact) mass is 419 g/mol. The molecule has 9 heteroatoms. The minimum Gasteiger partial charge on any atom is -0.480 e. The molecule has 6 N–H and O–H groups in total. The van der Waals surface area contributed by atoms with E-state index in [1.54, 1.807) is 38.2 Å². The Hall–Kier alpha value is -2.91. The van der Waals surface area contributed by atoms with Gasteiger partial charge in [-0.1, -0.05) is 26.8 Å². The second-order valence-electron chi connectivity index (χ2n) is 7.99. The highest BCUT2D eigenvalue weighted by Crippen LogP contribution is 2.29. The molecule has 2 amide bonds. The van der Waals surface area contributed by atoms with Crippen LogP contribution in [-0.4, -0.2) is 56.8 Å². The molecule has 0 aliphatic heterocycles. The summed E-state index contributed by atoms with van der Waals surface area (Å²) in [6.45, 7) is 4.58. The van der Waals surface area contributed by atoms with Gasteiger partial charge >= 0.3 is 5.97 Å². The van der Waals surface area contributed by atoms with E-state index in [-0.39, 0.29) is 25.4 Å². The minimum absolute atomic E-state index is 0.0162. The molecule has 0 saturated carbocycles. The zero-order valence-corrected chi connectivity index (χ0v) is 17.4. The molecular weight excluding hydrogens is 390 g/mol. The van der Waals surface area contributed by atoms with Gasteiger partial charge in [-0.25, -0.2) is 4.79 Å². The Labute approximate surface area is 174 Å². The van der Waals surface area contributed by atoms with E-state index >= 15 is 0 Å². The number of benzene rings is 1. The van der Waals surface area contributed by atoms with Gasteiger partial charge in [0.25, 0.3) is 5.91 Å². The lowest BCUT2D eigenvalue weighted by Gasteiger charge is -2.27. The SMILES string of the molecule is CCCC(=O)N[C@@H](Cc1c[nH]c2cccc(NC(=O)[C@H](O)C(C)(C)CO)c12)C(=O)O. The third-order valence-corrected chi connectivity index (χ3v) is 4.98. The van der Waals surface area contributed by atoms with E-state index < -0.39 is 29.4 Å². The Bertz CT molecular complexity index is 921. The van der Waals surface area contributed by atoms with Crippen molar-refractivity contribution in [3.8, 4) is 0 Å². The molecule has 0 aliphatic carbocycles. The van der Waals surface area contributed by atoms with Crippen LogP contribution in [0.4, 0.5) is 5.69 Å².